The minimum Gasteiger partial charge on any atom is -0.311 e. The maximum atomic E-state index is 12.6. The maximum Gasteiger partial charge on any atom is 0.243 e. The molecule has 1 aromatic rings. The van der Waals surface area contributed by atoms with Gasteiger partial charge in [-0.25, -0.2) is 8.42 Å². The second-order valence-electron chi connectivity index (χ2n) is 5.68. The number of nitrogens with zero attached hydrogens (tertiary/aromatic N) is 2. The summed E-state index contributed by atoms with van der Waals surface area (Å²) in [7, 11) is -3.41. The standard InChI is InChI=1S/C15H19ClN2O3S/c16-11-15(19)18-9-3-4-12-10-13(5-6-14(12)18)22(20,21)17-7-1-2-8-17/h5-6,10H,1-4,7-9,11H2. The molecule has 0 radical (unpaired) electrons. The molecule has 120 valence electrons. The number of hydrogen-bond acceptors (Lipinski definition) is 3. The molecule has 2 aliphatic heterocycles. The van der Waals surface area contributed by atoms with Crippen molar-refractivity contribution in [1.82, 2.24) is 4.31 Å². The average molecular weight is 343 g/mol. The van der Waals surface area contributed by atoms with Crippen molar-refractivity contribution in [2.45, 2.75) is 30.6 Å². The Kier molecular flexibility index (Phi) is 4.43. The van der Waals surface area contributed by atoms with Crippen LogP contribution in [0.4, 0.5) is 5.69 Å². The van der Waals surface area contributed by atoms with Crippen LogP contribution in [-0.4, -0.2) is 44.1 Å². The highest BCUT2D eigenvalue weighted by atomic mass is 35.5. The van der Waals surface area contributed by atoms with Gasteiger partial charge in [0.25, 0.3) is 0 Å². The van der Waals surface area contributed by atoms with Crippen molar-refractivity contribution < 1.29 is 13.2 Å². The number of anilines is 1. The number of rotatable bonds is 3. The van der Waals surface area contributed by atoms with Gasteiger partial charge in [-0.3, -0.25) is 4.79 Å². The van der Waals surface area contributed by atoms with E-state index in [1.54, 1.807) is 27.4 Å². The summed E-state index contributed by atoms with van der Waals surface area (Å²) in [6, 6.07) is 5.06. The molecule has 0 unspecified atom stereocenters. The number of alkyl halides is 1. The molecule has 0 spiro atoms. The highest BCUT2D eigenvalue weighted by Crippen LogP contribution is 2.31. The van der Waals surface area contributed by atoms with Crippen LogP contribution >= 0.6 is 11.6 Å². The Labute approximate surface area is 135 Å². The van der Waals surface area contributed by atoms with E-state index < -0.39 is 10.0 Å². The molecule has 5 nitrogen and oxygen atoms in total. The van der Waals surface area contributed by atoms with Gasteiger partial charge in [-0.15, -0.1) is 11.6 Å². The van der Waals surface area contributed by atoms with Crippen molar-refractivity contribution in [3.63, 3.8) is 0 Å². The van der Waals surface area contributed by atoms with Crippen molar-refractivity contribution in [3.8, 4) is 0 Å². The van der Waals surface area contributed by atoms with Gasteiger partial charge in [-0.1, -0.05) is 0 Å². The molecule has 1 saturated heterocycles. The van der Waals surface area contributed by atoms with E-state index in [1.165, 1.54) is 0 Å². The van der Waals surface area contributed by atoms with Gasteiger partial charge < -0.3 is 4.90 Å². The van der Waals surface area contributed by atoms with E-state index in [0.29, 0.717) is 24.5 Å². The number of fused-ring (bicyclic) bond motifs is 1. The fourth-order valence-corrected chi connectivity index (χ4v) is 4.86. The predicted octanol–water partition coefficient (Wildman–Crippen LogP) is 1.99. The number of halogens is 1. The number of aryl methyl sites for hydroxylation is 1. The second kappa shape index (κ2) is 6.18. The van der Waals surface area contributed by atoms with E-state index in [-0.39, 0.29) is 11.8 Å². The number of amides is 1. The molecule has 0 N–H and O–H groups in total. The first kappa shape index (κ1) is 15.8. The topological polar surface area (TPSA) is 57.7 Å². The molecule has 1 amide bonds. The molecule has 0 aromatic heterocycles. The lowest BCUT2D eigenvalue weighted by atomic mass is 10.0. The summed E-state index contributed by atoms with van der Waals surface area (Å²) >= 11 is 5.65. The molecule has 7 heteroatoms. The number of benzene rings is 1. The molecule has 0 saturated carbocycles. The maximum absolute atomic E-state index is 12.6. The lowest BCUT2D eigenvalue weighted by Crippen LogP contribution is -2.36. The number of hydrogen-bond donors (Lipinski definition) is 0. The van der Waals surface area contributed by atoms with E-state index in [2.05, 4.69) is 0 Å². The van der Waals surface area contributed by atoms with Crippen molar-refractivity contribution in [2.75, 3.05) is 30.4 Å². The molecule has 0 atom stereocenters. The highest BCUT2D eigenvalue weighted by Gasteiger charge is 2.29. The fraction of sp³-hybridized carbons (Fsp3) is 0.533. The van der Waals surface area contributed by atoms with Gasteiger partial charge in [0.2, 0.25) is 15.9 Å². The molecule has 3 rings (SSSR count). The van der Waals surface area contributed by atoms with Crippen LogP contribution in [0.5, 0.6) is 0 Å². The first-order chi connectivity index (χ1) is 10.5. The summed E-state index contributed by atoms with van der Waals surface area (Å²) in [5.74, 6) is -0.203. The molecule has 22 heavy (non-hydrogen) atoms. The van der Waals surface area contributed by atoms with Crippen LogP contribution in [-0.2, 0) is 21.2 Å². The Morgan fingerprint density at radius 1 is 1.14 bits per heavy atom. The zero-order chi connectivity index (χ0) is 15.7. The number of sulfonamides is 1. The molecule has 2 heterocycles. The quantitative estimate of drug-likeness (QED) is 0.789. The van der Waals surface area contributed by atoms with Gasteiger partial charge in [0.05, 0.1) is 4.90 Å². The zero-order valence-electron chi connectivity index (χ0n) is 12.3. The minimum atomic E-state index is -3.41. The van der Waals surface area contributed by atoms with Crippen LogP contribution in [0.3, 0.4) is 0 Å². The second-order valence-corrected chi connectivity index (χ2v) is 7.89. The van der Waals surface area contributed by atoms with Gasteiger partial charge >= 0.3 is 0 Å². The highest BCUT2D eigenvalue weighted by molar-refractivity contribution is 7.89. The van der Waals surface area contributed by atoms with Gasteiger partial charge in [-0.05, 0) is 49.4 Å². The lowest BCUT2D eigenvalue weighted by Gasteiger charge is -2.29. The van der Waals surface area contributed by atoms with Crippen LogP contribution in [0.1, 0.15) is 24.8 Å². The molecular formula is C15H19ClN2O3S. The van der Waals surface area contributed by atoms with Gasteiger partial charge in [0.1, 0.15) is 5.88 Å². The van der Waals surface area contributed by atoms with E-state index in [9.17, 15) is 13.2 Å². The Hall–Kier alpha value is -1.11. The first-order valence-corrected chi connectivity index (χ1v) is 9.51. The molecule has 1 fully saturated rings. The normalized spacial score (nSPS) is 19.2. The predicted molar refractivity (Wildman–Crippen MR) is 85.8 cm³/mol. The lowest BCUT2D eigenvalue weighted by molar-refractivity contribution is -0.116. The van der Waals surface area contributed by atoms with E-state index in [0.717, 1.165) is 36.9 Å². The Morgan fingerprint density at radius 2 is 1.86 bits per heavy atom. The number of carbonyl (C=O) groups excluding carboxylic acids is 1. The van der Waals surface area contributed by atoms with Crippen molar-refractivity contribution in [3.05, 3.63) is 23.8 Å². The van der Waals surface area contributed by atoms with Crippen LogP contribution in [0.25, 0.3) is 0 Å². The summed E-state index contributed by atoms with van der Waals surface area (Å²) in [4.78, 5) is 13.9. The fourth-order valence-electron chi connectivity index (χ4n) is 3.14. The van der Waals surface area contributed by atoms with Crippen LogP contribution in [0, 0.1) is 0 Å². The van der Waals surface area contributed by atoms with Crippen LogP contribution < -0.4 is 4.90 Å². The zero-order valence-corrected chi connectivity index (χ0v) is 13.9. The Morgan fingerprint density at radius 3 is 2.55 bits per heavy atom. The van der Waals surface area contributed by atoms with Gasteiger partial charge in [0.15, 0.2) is 0 Å². The largest absolute Gasteiger partial charge is 0.311 e. The first-order valence-electron chi connectivity index (χ1n) is 7.53. The monoisotopic (exact) mass is 342 g/mol. The van der Waals surface area contributed by atoms with Crippen molar-refractivity contribution in [1.29, 1.82) is 0 Å². The Bertz CT molecular complexity index is 684. The summed E-state index contributed by atoms with van der Waals surface area (Å²) in [5, 5.41) is 0. The minimum absolute atomic E-state index is 0.0622. The van der Waals surface area contributed by atoms with E-state index in [1.807, 2.05) is 0 Å². The van der Waals surface area contributed by atoms with Gasteiger partial charge in [0, 0.05) is 25.3 Å². The number of carbonyl (C=O) groups is 1. The third-order valence-electron chi connectivity index (χ3n) is 4.29. The average Bonchev–Trinajstić information content (AvgIpc) is 3.08. The molecule has 0 bridgehead atoms. The third-order valence-corrected chi connectivity index (χ3v) is 6.41. The molecule has 2 aliphatic rings. The molecule has 1 aromatic carbocycles. The van der Waals surface area contributed by atoms with Crippen LogP contribution in [0.15, 0.2) is 23.1 Å². The van der Waals surface area contributed by atoms with Crippen molar-refractivity contribution >= 4 is 33.2 Å². The smallest absolute Gasteiger partial charge is 0.243 e. The summed E-state index contributed by atoms with van der Waals surface area (Å²) < 4.78 is 26.8. The summed E-state index contributed by atoms with van der Waals surface area (Å²) in [5.41, 5.74) is 1.70. The van der Waals surface area contributed by atoms with E-state index in [4.69, 9.17) is 11.6 Å². The van der Waals surface area contributed by atoms with E-state index >= 15 is 0 Å². The molecule has 0 aliphatic carbocycles. The van der Waals surface area contributed by atoms with Gasteiger partial charge in [-0.2, -0.15) is 4.31 Å². The third kappa shape index (κ3) is 2.75. The van der Waals surface area contributed by atoms with Crippen molar-refractivity contribution in [2.24, 2.45) is 0 Å². The summed E-state index contributed by atoms with van der Waals surface area (Å²) in [6.07, 6.45) is 3.44. The SMILES string of the molecule is O=C(CCl)N1CCCc2cc(S(=O)(=O)N3CCCC3)ccc21. The molecular weight excluding hydrogens is 324 g/mol. The Balaban J connectivity index is 1.95. The summed E-state index contributed by atoms with van der Waals surface area (Å²) in [6.45, 7) is 1.82. The van der Waals surface area contributed by atoms with Crippen LogP contribution in [0.2, 0.25) is 0 Å².